The Balaban J connectivity index is 1.67. The van der Waals surface area contributed by atoms with E-state index in [-0.39, 0.29) is 11.7 Å². The number of rotatable bonds is 2. The van der Waals surface area contributed by atoms with Gasteiger partial charge >= 0.3 is 0 Å². The number of hydrogen-bond donors (Lipinski definition) is 1. The third-order valence-corrected chi connectivity index (χ3v) is 5.59. The number of Topliss-reactive ketones (excluding diaryl/α,β-unsaturated/α-hetero) is 1. The summed E-state index contributed by atoms with van der Waals surface area (Å²) in [5, 5.41) is 4.72. The van der Waals surface area contributed by atoms with Crippen LogP contribution in [-0.2, 0) is 0 Å². The molecule has 0 fully saturated rings. The SMILES string of the molecule is Cc1ccc(C2CC(c3ccccc3)=NNC3=C2C(=O)c2ccccc23)cc1. The lowest BCUT2D eigenvalue weighted by atomic mass is 9.83. The second kappa shape index (κ2) is 6.61. The van der Waals surface area contributed by atoms with Gasteiger partial charge in [-0.15, -0.1) is 0 Å². The van der Waals surface area contributed by atoms with Crippen molar-refractivity contribution in [3.63, 3.8) is 0 Å². The molecule has 1 aliphatic heterocycles. The van der Waals surface area contributed by atoms with Gasteiger partial charge in [0.05, 0.1) is 11.4 Å². The number of carbonyl (C=O) groups excluding carboxylic acids is 1. The zero-order valence-electron chi connectivity index (χ0n) is 15.6. The van der Waals surface area contributed by atoms with Crippen molar-refractivity contribution in [2.75, 3.05) is 0 Å². The Morgan fingerprint density at radius 2 is 1.54 bits per heavy atom. The fraction of sp³-hybridized carbons (Fsp3) is 0.120. The van der Waals surface area contributed by atoms with Gasteiger partial charge in [0.1, 0.15) is 0 Å². The minimum absolute atomic E-state index is 0.0375. The second-order valence-electron chi connectivity index (χ2n) is 7.37. The number of allylic oxidation sites excluding steroid dienone is 1. The van der Waals surface area contributed by atoms with E-state index in [2.05, 4.69) is 48.7 Å². The minimum atomic E-state index is -0.0375. The van der Waals surface area contributed by atoms with Crippen LogP contribution in [0.1, 0.15) is 45.0 Å². The number of nitrogens with zero attached hydrogens (tertiary/aromatic N) is 1. The molecule has 0 amide bonds. The van der Waals surface area contributed by atoms with E-state index in [9.17, 15) is 4.79 Å². The van der Waals surface area contributed by atoms with Crippen molar-refractivity contribution >= 4 is 17.2 Å². The first-order valence-electron chi connectivity index (χ1n) is 9.55. The van der Waals surface area contributed by atoms with E-state index in [4.69, 9.17) is 5.10 Å². The minimum Gasteiger partial charge on any atom is -0.289 e. The molecule has 3 aromatic carbocycles. The van der Waals surface area contributed by atoms with E-state index < -0.39 is 0 Å². The van der Waals surface area contributed by atoms with Crippen LogP contribution in [0.5, 0.6) is 0 Å². The molecule has 1 N–H and O–H groups in total. The van der Waals surface area contributed by atoms with Crippen molar-refractivity contribution in [1.82, 2.24) is 5.43 Å². The standard InChI is InChI=1S/C25H20N2O/c1-16-11-13-17(14-12-16)21-15-22(18-7-3-2-4-8-18)26-27-24-19-9-5-6-10-20(19)25(28)23(21)24/h2-14,21,27H,15H2,1H3. The lowest BCUT2D eigenvalue weighted by Gasteiger charge is -2.18. The molecule has 136 valence electrons. The third kappa shape index (κ3) is 2.67. The molecule has 0 bridgehead atoms. The van der Waals surface area contributed by atoms with E-state index in [0.29, 0.717) is 6.42 Å². The molecule has 2 aliphatic rings. The zero-order valence-corrected chi connectivity index (χ0v) is 15.6. The highest BCUT2D eigenvalue weighted by Crippen LogP contribution is 2.42. The van der Waals surface area contributed by atoms with Gasteiger partial charge in [-0.2, -0.15) is 5.10 Å². The monoisotopic (exact) mass is 364 g/mol. The van der Waals surface area contributed by atoms with Gasteiger partial charge in [0.25, 0.3) is 0 Å². The largest absolute Gasteiger partial charge is 0.289 e. The van der Waals surface area contributed by atoms with Crippen LogP contribution in [0.15, 0.2) is 89.5 Å². The Labute approximate surface area is 164 Å². The lowest BCUT2D eigenvalue weighted by molar-refractivity contribution is 0.103. The van der Waals surface area contributed by atoms with Crippen LogP contribution in [-0.4, -0.2) is 11.5 Å². The van der Waals surface area contributed by atoms with Gasteiger partial charge in [-0.25, -0.2) is 0 Å². The first-order chi connectivity index (χ1) is 13.7. The molecular formula is C25H20N2O. The summed E-state index contributed by atoms with van der Waals surface area (Å²) in [5.74, 6) is 0.0673. The summed E-state index contributed by atoms with van der Waals surface area (Å²) < 4.78 is 0. The first-order valence-corrected chi connectivity index (χ1v) is 9.55. The maximum absolute atomic E-state index is 13.3. The molecule has 1 heterocycles. The topological polar surface area (TPSA) is 41.5 Å². The van der Waals surface area contributed by atoms with Gasteiger partial charge in [-0.05, 0) is 18.1 Å². The van der Waals surface area contributed by atoms with E-state index in [1.165, 1.54) is 5.56 Å². The first kappa shape index (κ1) is 16.7. The van der Waals surface area contributed by atoms with Crippen molar-refractivity contribution in [1.29, 1.82) is 0 Å². The average molecular weight is 364 g/mol. The summed E-state index contributed by atoms with van der Waals surface area (Å²) >= 11 is 0. The van der Waals surface area contributed by atoms with Crippen LogP contribution in [0, 0.1) is 6.92 Å². The Morgan fingerprint density at radius 1 is 0.857 bits per heavy atom. The van der Waals surface area contributed by atoms with Crippen LogP contribution in [0.3, 0.4) is 0 Å². The number of fused-ring (bicyclic) bond motifs is 2. The van der Waals surface area contributed by atoms with E-state index >= 15 is 0 Å². The molecule has 0 saturated carbocycles. The van der Waals surface area contributed by atoms with E-state index in [0.717, 1.165) is 39.2 Å². The number of aryl methyl sites for hydroxylation is 1. The van der Waals surface area contributed by atoms with Crippen molar-refractivity contribution in [2.45, 2.75) is 19.3 Å². The van der Waals surface area contributed by atoms with Crippen LogP contribution >= 0.6 is 0 Å². The summed E-state index contributed by atoms with van der Waals surface area (Å²) in [6.07, 6.45) is 0.679. The maximum atomic E-state index is 13.3. The van der Waals surface area contributed by atoms with Crippen molar-refractivity contribution in [2.24, 2.45) is 5.10 Å². The van der Waals surface area contributed by atoms with Crippen molar-refractivity contribution in [3.05, 3.63) is 112 Å². The zero-order chi connectivity index (χ0) is 19.1. The number of hydrazone groups is 1. The number of carbonyl (C=O) groups is 1. The van der Waals surface area contributed by atoms with Gasteiger partial charge in [-0.3, -0.25) is 10.2 Å². The molecule has 1 atom stereocenters. The van der Waals surface area contributed by atoms with Gasteiger partial charge in [0.2, 0.25) is 0 Å². The number of hydrogen-bond acceptors (Lipinski definition) is 3. The number of nitrogens with one attached hydrogen (secondary N) is 1. The van der Waals surface area contributed by atoms with Gasteiger partial charge in [0.15, 0.2) is 5.78 Å². The second-order valence-corrected chi connectivity index (χ2v) is 7.37. The predicted molar refractivity (Wildman–Crippen MR) is 112 cm³/mol. The van der Waals surface area contributed by atoms with Gasteiger partial charge in [0, 0.05) is 29.0 Å². The molecule has 5 rings (SSSR count). The summed E-state index contributed by atoms with van der Waals surface area (Å²) in [6.45, 7) is 2.08. The summed E-state index contributed by atoms with van der Waals surface area (Å²) in [6, 6.07) is 26.5. The Kier molecular flexibility index (Phi) is 3.94. The molecule has 28 heavy (non-hydrogen) atoms. The summed E-state index contributed by atoms with van der Waals surface area (Å²) in [4.78, 5) is 13.3. The predicted octanol–water partition coefficient (Wildman–Crippen LogP) is 5.08. The fourth-order valence-electron chi connectivity index (χ4n) is 4.12. The van der Waals surface area contributed by atoms with E-state index in [1.807, 2.05) is 42.5 Å². The molecule has 0 aromatic heterocycles. The summed E-state index contributed by atoms with van der Waals surface area (Å²) in [5.41, 5.74) is 11.0. The van der Waals surface area contributed by atoms with Crippen LogP contribution in [0.2, 0.25) is 0 Å². The van der Waals surface area contributed by atoms with Crippen LogP contribution in [0.4, 0.5) is 0 Å². The lowest BCUT2D eigenvalue weighted by Crippen LogP contribution is -2.14. The Bertz CT molecular complexity index is 1120. The average Bonchev–Trinajstić information content (AvgIpc) is 2.89. The highest BCUT2D eigenvalue weighted by molar-refractivity contribution is 6.22. The highest BCUT2D eigenvalue weighted by atomic mass is 16.1. The smallest absolute Gasteiger partial charge is 0.192 e. The fourth-order valence-corrected chi connectivity index (χ4v) is 4.12. The Hall–Kier alpha value is -3.46. The summed E-state index contributed by atoms with van der Waals surface area (Å²) in [7, 11) is 0. The molecule has 1 aliphatic carbocycles. The van der Waals surface area contributed by atoms with Crippen molar-refractivity contribution < 1.29 is 4.79 Å². The highest BCUT2D eigenvalue weighted by Gasteiger charge is 2.37. The normalized spacial score (nSPS) is 18.1. The number of benzene rings is 3. The molecular weight excluding hydrogens is 344 g/mol. The molecule has 0 saturated heterocycles. The molecule has 0 spiro atoms. The molecule has 0 radical (unpaired) electrons. The molecule has 1 unspecified atom stereocenters. The van der Waals surface area contributed by atoms with E-state index in [1.54, 1.807) is 0 Å². The van der Waals surface area contributed by atoms with Crippen LogP contribution in [0.25, 0.3) is 5.70 Å². The molecule has 3 aromatic rings. The van der Waals surface area contributed by atoms with Gasteiger partial charge in [-0.1, -0.05) is 84.4 Å². The molecule has 3 heteroatoms. The molecule has 3 nitrogen and oxygen atoms in total. The quantitative estimate of drug-likeness (QED) is 0.689. The van der Waals surface area contributed by atoms with Crippen LogP contribution < -0.4 is 5.43 Å². The number of ketones is 1. The third-order valence-electron chi connectivity index (χ3n) is 5.59. The van der Waals surface area contributed by atoms with Crippen molar-refractivity contribution in [3.8, 4) is 0 Å². The maximum Gasteiger partial charge on any atom is 0.192 e. The van der Waals surface area contributed by atoms with Gasteiger partial charge < -0.3 is 0 Å². The Morgan fingerprint density at radius 3 is 2.29 bits per heavy atom.